The third-order valence-electron chi connectivity index (χ3n) is 11.8. The van der Waals surface area contributed by atoms with Crippen molar-refractivity contribution < 1.29 is 42.0 Å². The molecule has 2 aliphatic heterocycles. The molecule has 1 saturated carbocycles. The zero-order valence-electron chi connectivity index (χ0n) is 29.5. The van der Waals surface area contributed by atoms with Crippen molar-refractivity contribution in [1.82, 2.24) is 20.4 Å². The number of rotatable bonds is 9. The van der Waals surface area contributed by atoms with Gasteiger partial charge in [0.05, 0.1) is 16.6 Å². The molecule has 13 nitrogen and oxygen atoms in total. The average molecular weight is 741 g/mol. The monoisotopic (exact) mass is 740 g/mol. The number of phenolic OH excluding ortho intramolecular Hbond substituents is 1. The summed E-state index contributed by atoms with van der Waals surface area (Å²) in [5, 5.41) is 43.6. The van der Waals surface area contributed by atoms with E-state index in [0.717, 1.165) is 30.0 Å². The fraction of sp³-hybridized carbons (Fsp3) is 0.410. The summed E-state index contributed by atoms with van der Waals surface area (Å²) < 4.78 is 45.6. The van der Waals surface area contributed by atoms with E-state index in [1.807, 2.05) is 37.3 Å². The average Bonchev–Trinajstić information content (AvgIpc) is 3.64. The highest BCUT2D eigenvalue weighted by molar-refractivity contribution is 7.87. The van der Waals surface area contributed by atoms with Crippen LogP contribution >= 0.6 is 0 Å². The molecule has 3 heterocycles. The quantitative estimate of drug-likeness (QED) is 0.176. The Bertz CT molecular complexity index is 2300. The maximum Gasteiger partial charge on any atom is 0.339 e. The van der Waals surface area contributed by atoms with Crippen molar-refractivity contribution in [3.05, 3.63) is 94.6 Å². The predicted molar refractivity (Wildman–Crippen MR) is 190 cm³/mol. The molecule has 9 rings (SSSR count). The van der Waals surface area contributed by atoms with Crippen molar-refractivity contribution in [2.75, 3.05) is 13.1 Å². The van der Waals surface area contributed by atoms with Crippen molar-refractivity contribution in [2.45, 2.75) is 86.5 Å². The number of aromatic hydroxyl groups is 1. The van der Waals surface area contributed by atoms with E-state index >= 15 is 0 Å². The fourth-order valence-corrected chi connectivity index (χ4v) is 10.2. The Morgan fingerprint density at radius 1 is 1.11 bits per heavy atom. The van der Waals surface area contributed by atoms with Gasteiger partial charge in [0.25, 0.3) is 11.8 Å². The summed E-state index contributed by atoms with van der Waals surface area (Å²) in [6.07, 6.45) is 0.959. The number of aliphatic hydroxyl groups excluding tert-OH is 1. The van der Waals surface area contributed by atoms with Gasteiger partial charge in [-0.05, 0) is 76.6 Å². The first-order chi connectivity index (χ1) is 25.2. The molecular formula is C39H40N4O9S. The van der Waals surface area contributed by atoms with Gasteiger partial charge in [-0.3, -0.25) is 9.69 Å². The van der Waals surface area contributed by atoms with Crippen molar-refractivity contribution in [3.8, 4) is 28.6 Å². The van der Waals surface area contributed by atoms with E-state index < -0.39 is 56.2 Å². The number of carbonyl (C=O) groups is 1. The number of aromatic nitrogens is 2. The van der Waals surface area contributed by atoms with Crippen LogP contribution in [0.2, 0.25) is 0 Å². The van der Waals surface area contributed by atoms with Crippen molar-refractivity contribution in [3.63, 3.8) is 0 Å². The Morgan fingerprint density at radius 2 is 1.85 bits per heavy atom. The number of aryl methyl sites for hydroxylation is 1. The van der Waals surface area contributed by atoms with Crippen LogP contribution in [0.25, 0.3) is 11.4 Å². The van der Waals surface area contributed by atoms with Crippen LogP contribution in [0.15, 0.2) is 81.4 Å². The lowest BCUT2D eigenvalue weighted by Crippen LogP contribution is -2.76. The highest BCUT2D eigenvalue weighted by atomic mass is 32.2. The Hall–Kier alpha value is -4.92. The number of benzene rings is 3. The summed E-state index contributed by atoms with van der Waals surface area (Å²) in [7, 11) is -4.48. The number of hydrogen-bond acceptors (Lipinski definition) is 12. The minimum absolute atomic E-state index is 0.0142. The number of likely N-dealkylation sites (tertiary alicyclic amines) is 1. The maximum atomic E-state index is 14.2. The van der Waals surface area contributed by atoms with Crippen LogP contribution in [-0.4, -0.2) is 75.5 Å². The zero-order chi connectivity index (χ0) is 37.1. The summed E-state index contributed by atoms with van der Waals surface area (Å²) in [6.45, 7) is 6.51. The summed E-state index contributed by atoms with van der Waals surface area (Å²) in [6, 6.07) is 16.3. The Kier molecular flexibility index (Phi) is 7.38. The molecule has 4 N–H and O–H groups in total. The number of hydrogen-bond donors (Lipinski definition) is 4. The third-order valence-corrected chi connectivity index (χ3v) is 13.1. The van der Waals surface area contributed by atoms with E-state index in [2.05, 4.69) is 20.4 Å². The largest absolute Gasteiger partial charge is 0.508 e. The van der Waals surface area contributed by atoms with E-state index in [-0.39, 0.29) is 47.1 Å². The number of aliphatic hydroxyl groups is 2. The van der Waals surface area contributed by atoms with Crippen molar-refractivity contribution >= 4 is 16.0 Å². The van der Waals surface area contributed by atoms with E-state index in [1.165, 1.54) is 0 Å². The molecule has 1 aromatic heterocycles. The smallest absolute Gasteiger partial charge is 0.339 e. The van der Waals surface area contributed by atoms with E-state index in [4.69, 9.17) is 13.4 Å². The van der Waals surface area contributed by atoms with E-state index in [1.54, 1.807) is 38.1 Å². The molecule has 14 heteroatoms. The number of nitrogens with one attached hydrogen (secondary N) is 1. The van der Waals surface area contributed by atoms with Gasteiger partial charge in [0.15, 0.2) is 17.6 Å². The zero-order valence-corrected chi connectivity index (χ0v) is 30.3. The summed E-state index contributed by atoms with van der Waals surface area (Å²) >= 11 is 0. The molecule has 1 saturated heterocycles. The molecule has 0 radical (unpaired) electrons. The van der Waals surface area contributed by atoms with E-state index in [9.17, 15) is 28.5 Å². The molecule has 2 bridgehead atoms. The molecule has 1 spiro atoms. The highest BCUT2D eigenvalue weighted by Gasteiger charge is 2.74. The van der Waals surface area contributed by atoms with Crippen LogP contribution < -0.4 is 14.2 Å². The van der Waals surface area contributed by atoms with Crippen LogP contribution in [-0.2, 0) is 32.3 Å². The normalized spacial score (nSPS) is 26.2. The van der Waals surface area contributed by atoms with Gasteiger partial charge in [0, 0.05) is 36.2 Å². The van der Waals surface area contributed by atoms with Gasteiger partial charge in [-0.2, -0.15) is 13.4 Å². The van der Waals surface area contributed by atoms with Gasteiger partial charge in [-0.25, -0.2) is 0 Å². The molecule has 4 atom stereocenters. The Labute approximate surface area is 306 Å². The van der Waals surface area contributed by atoms with Crippen molar-refractivity contribution in [1.29, 1.82) is 0 Å². The molecule has 1 amide bonds. The second kappa shape index (κ2) is 11.5. The summed E-state index contributed by atoms with van der Waals surface area (Å²) in [5.74, 6) is -0.483. The molecule has 276 valence electrons. The molecule has 2 fully saturated rings. The van der Waals surface area contributed by atoms with Crippen molar-refractivity contribution in [2.24, 2.45) is 5.92 Å². The second-order valence-electron chi connectivity index (χ2n) is 15.6. The molecule has 3 aliphatic carbocycles. The lowest BCUT2D eigenvalue weighted by atomic mass is 9.49. The second-order valence-corrected chi connectivity index (χ2v) is 17.2. The van der Waals surface area contributed by atoms with Crippen LogP contribution in [0.3, 0.4) is 0 Å². The Morgan fingerprint density at radius 3 is 2.57 bits per heavy atom. The molecule has 1 unspecified atom stereocenters. The standard InChI is InChI=1S/C39H40N4O9S/c1-21-9-13-24(14-10-21)52-53(48,49)28-18-27(44)32-30-25(28)17-29-39(47)19-26(31(45)33(50-32)38(30,39)15-16-43(29)20-22-11-12-22)35(46)41-37(2,3)36-40-34(42-51-36)23-7-5-4-6-8-23/h4-10,13-14,18,22,29,33,44-45,47H,11-12,15-17,19-20H2,1-3H3,(H,41,46)/t29-,33?,38+,39-/m1/s1. The molecule has 53 heavy (non-hydrogen) atoms. The molecule has 5 aliphatic rings. The number of phenols is 1. The number of carbonyl (C=O) groups excluding carboxylic acids is 1. The number of ether oxygens (including phenoxy) is 1. The number of nitrogens with zero attached hydrogens (tertiary/aromatic N) is 3. The predicted octanol–water partition coefficient (Wildman–Crippen LogP) is 4.56. The lowest BCUT2D eigenvalue weighted by molar-refractivity contribution is -0.173. The topological polar surface area (TPSA) is 185 Å². The van der Waals surface area contributed by atoms with Gasteiger partial charge in [0.2, 0.25) is 5.82 Å². The van der Waals surface area contributed by atoms with Crippen LogP contribution in [0.5, 0.6) is 17.2 Å². The third kappa shape index (κ3) is 5.09. The minimum atomic E-state index is -4.48. The highest BCUT2D eigenvalue weighted by Crippen LogP contribution is 2.67. The number of piperidine rings is 1. The molecule has 4 aromatic rings. The molecular weight excluding hydrogens is 701 g/mol. The van der Waals surface area contributed by atoms with Gasteiger partial charge >= 0.3 is 10.1 Å². The lowest BCUT2D eigenvalue weighted by Gasteiger charge is -2.62. The fourth-order valence-electron chi connectivity index (χ4n) is 9.00. The number of amides is 1. The maximum absolute atomic E-state index is 14.2. The van der Waals surface area contributed by atoms with E-state index in [0.29, 0.717) is 36.0 Å². The SMILES string of the molecule is Cc1ccc(OS(=O)(=O)c2cc(O)c3c4c2C[C@H]2N(CC5CC5)CC[C@@]45C(O3)C(O)=C(C(=O)NC(C)(C)c3nc(-c4ccccc4)no3)C[C@@]25O)cc1. The van der Waals surface area contributed by atoms with Gasteiger partial charge in [-0.15, -0.1) is 0 Å². The summed E-state index contributed by atoms with van der Waals surface area (Å²) in [5.41, 5.74) is -1.94. The van der Waals surface area contributed by atoms with Crippen LogP contribution in [0, 0.1) is 12.8 Å². The Balaban J connectivity index is 1.12. The van der Waals surface area contributed by atoms with Crippen LogP contribution in [0.4, 0.5) is 0 Å². The van der Waals surface area contributed by atoms with Gasteiger partial charge in [0.1, 0.15) is 21.9 Å². The van der Waals surface area contributed by atoms with Gasteiger partial charge < -0.3 is 34.1 Å². The van der Waals surface area contributed by atoms with Gasteiger partial charge in [-0.1, -0.05) is 53.2 Å². The summed E-state index contributed by atoms with van der Waals surface area (Å²) in [4.78, 5) is 20.7. The first-order valence-electron chi connectivity index (χ1n) is 17.9. The van der Waals surface area contributed by atoms with Crippen LogP contribution in [0.1, 0.15) is 62.1 Å². The molecule has 3 aromatic carbocycles. The minimum Gasteiger partial charge on any atom is -0.508 e. The first-order valence-corrected chi connectivity index (χ1v) is 19.3. The first kappa shape index (κ1) is 33.9.